The van der Waals surface area contributed by atoms with E-state index in [9.17, 15) is 19.5 Å². The summed E-state index contributed by atoms with van der Waals surface area (Å²) in [5.74, 6) is -1.86. The summed E-state index contributed by atoms with van der Waals surface area (Å²) in [5, 5.41) is 27.3. The zero-order chi connectivity index (χ0) is 27.5. The summed E-state index contributed by atoms with van der Waals surface area (Å²) in [5.41, 5.74) is 6.75. The molecule has 5 rings (SSSR count). The van der Waals surface area contributed by atoms with Gasteiger partial charge in [0.15, 0.2) is 10.8 Å². The zero-order valence-corrected chi connectivity index (χ0v) is 22.5. The predicted octanol–water partition coefficient (Wildman–Crippen LogP) is 2.17. The van der Waals surface area contributed by atoms with Crippen molar-refractivity contribution in [1.82, 2.24) is 25.4 Å². The van der Waals surface area contributed by atoms with E-state index >= 15 is 0 Å². The van der Waals surface area contributed by atoms with Gasteiger partial charge in [-0.1, -0.05) is 23.4 Å². The monoisotopic (exact) mass is 585 g/mol. The third-order valence-electron chi connectivity index (χ3n) is 5.51. The smallest absolute Gasteiger partial charge is 0.352 e. The number of carboxylic acids is 1. The number of aliphatic carboxylic acids is 1. The minimum Gasteiger partial charge on any atom is -0.477 e. The zero-order valence-electron chi connectivity index (χ0n) is 20.0. The van der Waals surface area contributed by atoms with E-state index in [1.54, 1.807) is 11.5 Å². The number of thioether (sulfide) groups is 2. The van der Waals surface area contributed by atoms with Gasteiger partial charge in [0, 0.05) is 16.7 Å². The minimum atomic E-state index is -1.26. The van der Waals surface area contributed by atoms with Crippen LogP contribution >= 0.6 is 34.9 Å². The molecule has 0 spiro atoms. The van der Waals surface area contributed by atoms with Crippen molar-refractivity contribution in [2.24, 2.45) is 5.16 Å². The van der Waals surface area contributed by atoms with Gasteiger partial charge in [0.25, 0.3) is 17.0 Å². The Hall–Kier alpha value is -4.15. The molecule has 13 nitrogen and oxygen atoms in total. The summed E-state index contributed by atoms with van der Waals surface area (Å²) >= 11 is 3.57. The molecule has 2 unspecified atom stereocenters. The number of hydrogen-bond acceptors (Lipinski definition) is 13. The summed E-state index contributed by atoms with van der Waals surface area (Å²) in [6, 6.07) is 8.33. The fraction of sp³-hybridized carbons (Fsp3) is 0.174. The SMILES string of the molecule is CO/N=C(\C(=O)NC1C(=O)N2C(C(=O)O)=C(/C=C/Sc3nnc(-c4ccccc4)o3)CSC12)c1csc(N)n1. The second-order valence-corrected chi connectivity index (χ2v) is 10.7. The quantitative estimate of drug-likeness (QED) is 0.144. The van der Waals surface area contributed by atoms with Crippen molar-refractivity contribution < 1.29 is 28.7 Å². The molecule has 39 heavy (non-hydrogen) atoms. The Morgan fingerprint density at radius 2 is 2.13 bits per heavy atom. The number of oxime groups is 1. The third-order valence-corrected chi connectivity index (χ3v) is 8.13. The number of benzene rings is 1. The van der Waals surface area contributed by atoms with Gasteiger partial charge in [-0.05, 0) is 41.0 Å². The van der Waals surface area contributed by atoms with Gasteiger partial charge in [-0.2, -0.15) is 0 Å². The Balaban J connectivity index is 1.28. The molecule has 2 aliphatic heterocycles. The first-order chi connectivity index (χ1) is 18.9. The number of fused-ring (bicyclic) bond motifs is 1. The Bertz CT molecular complexity index is 1520. The third kappa shape index (κ3) is 5.39. The van der Waals surface area contributed by atoms with Crippen LogP contribution in [0.1, 0.15) is 5.69 Å². The highest BCUT2D eigenvalue weighted by Crippen LogP contribution is 2.41. The maximum Gasteiger partial charge on any atom is 0.352 e. The number of carbonyl (C=O) groups excluding carboxylic acids is 2. The molecule has 3 aromatic rings. The van der Waals surface area contributed by atoms with Crippen LogP contribution in [-0.2, 0) is 19.2 Å². The summed E-state index contributed by atoms with van der Waals surface area (Å²) in [6.07, 6.45) is 1.60. The first-order valence-electron chi connectivity index (χ1n) is 11.1. The number of anilines is 1. The van der Waals surface area contributed by atoms with Crippen LogP contribution < -0.4 is 11.1 Å². The number of β-lactam (4-membered cyclic amide) rings is 1. The van der Waals surface area contributed by atoms with Gasteiger partial charge < -0.3 is 25.4 Å². The Morgan fingerprint density at radius 3 is 2.82 bits per heavy atom. The van der Waals surface area contributed by atoms with E-state index in [-0.39, 0.29) is 27.5 Å². The molecule has 1 fully saturated rings. The average molecular weight is 586 g/mol. The molecule has 200 valence electrons. The van der Waals surface area contributed by atoms with Crippen LogP contribution in [-0.4, -0.2) is 73.0 Å². The predicted molar refractivity (Wildman–Crippen MR) is 144 cm³/mol. The molecule has 1 aromatic carbocycles. The summed E-state index contributed by atoms with van der Waals surface area (Å²) in [7, 11) is 1.27. The second-order valence-electron chi connectivity index (χ2n) is 7.89. The molecule has 0 aliphatic carbocycles. The number of nitrogens with zero attached hydrogens (tertiary/aromatic N) is 5. The van der Waals surface area contributed by atoms with Crippen molar-refractivity contribution >= 4 is 63.5 Å². The maximum absolute atomic E-state index is 13.0. The normalized spacial score (nSPS) is 19.2. The van der Waals surface area contributed by atoms with Gasteiger partial charge in [-0.25, -0.2) is 9.78 Å². The number of hydrogen-bond donors (Lipinski definition) is 3. The van der Waals surface area contributed by atoms with Crippen LogP contribution in [0.15, 0.2) is 73.3 Å². The van der Waals surface area contributed by atoms with Crippen molar-refractivity contribution in [1.29, 1.82) is 0 Å². The van der Waals surface area contributed by atoms with Crippen LogP contribution in [0.4, 0.5) is 5.13 Å². The van der Waals surface area contributed by atoms with Crippen LogP contribution in [0.2, 0.25) is 0 Å². The number of thiazole rings is 1. The molecule has 0 radical (unpaired) electrons. The number of rotatable bonds is 9. The minimum absolute atomic E-state index is 0.149. The van der Waals surface area contributed by atoms with Crippen LogP contribution in [0.25, 0.3) is 11.5 Å². The first-order valence-corrected chi connectivity index (χ1v) is 13.9. The molecule has 2 aliphatic rings. The van der Waals surface area contributed by atoms with Crippen molar-refractivity contribution in [3.05, 3.63) is 64.2 Å². The fourth-order valence-electron chi connectivity index (χ4n) is 3.80. The van der Waals surface area contributed by atoms with Gasteiger partial charge in [-0.15, -0.1) is 33.3 Å². The topological polar surface area (TPSA) is 186 Å². The van der Waals surface area contributed by atoms with Gasteiger partial charge in [0.2, 0.25) is 5.89 Å². The molecule has 2 atom stereocenters. The molecular formula is C23H19N7O6S3. The Labute approximate surface area is 233 Å². The van der Waals surface area contributed by atoms with Gasteiger partial charge in [-0.3, -0.25) is 14.5 Å². The summed E-state index contributed by atoms with van der Waals surface area (Å²) < 4.78 is 5.64. The van der Waals surface area contributed by atoms with E-state index in [2.05, 4.69) is 25.7 Å². The summed E-state index contributed by atoms with van der Waals surface area (Å²) in [4.78, 5) is 47.9. The highest BCUT2D eigenvalue weighted by molar-refractivity contribution is 8.02. The standard InChI is InChI=1S/C23H19N7O6S3/c1-35-29-14(13-10-39-22(24)25-13)17(31)26-15-19(32)30-16(21(33)34)12(9-38-20(15)30)7-8-37-23-28-27-18(36-23)11-5-3-2-4-6-11/h2-8,10,15,20H,9H2,1H3,(H2,24,25)(H,26,31)(H,33,34)/b8-7+,29-14-. The maximum atomic E-state index is 13.0. The number of aromatic nitrogens is 3. The number of nitrogens with one attached hydrogen (secondary N) is 1. The van der Waals surface area contributed by atoms with Crippen LogP contribution in [0.3, 0.4) is 0 Å². The van der Waals surface area contributed by atoms with Crippen molar-refractivity contribution in [2.45, 2.75) is 16.6 Å². The Kier molecular flexibility index (Phi) is 7.67. The molecule has 1 saturated heterocycles. The van der Waals surface area contributed by atoms with Crippen molar-refractivity contribution in [2.75, 3.05) is 18.6 Å². The molecule has 2 amide bonds. The number of amides is 2. The lowest BCUT2D eigenvalue weighted by atomic mass is 10.0. The molecule has 0 bridgehead atoms. The lowest BCUT2D eigenvalue weighted by Crippen LogP contribution is -2.71. The van der Waals surface area contributed by atoms with E-state index < -0.39 is 29.2 Å². The number of carboxylic acid groups (broad SMARTS) is 1. The second kappa shape index (κ2) is 11.3. The van der Waals surface area contributed by atoms with E-state index in [0.29, 0.717) is 17.2 Å². The van der Waals surface area contributed by atoms with Crippen molar-refractivity contribution in [3.8, 4) is 11.5 Å². The van der Waals surface area contributed by atoms with E-state index in [0.717, 1.165) is 28.7 Å². The molecule has 0 saturated carbocycles. The lowest BCUT2D eigenvalue weighted by Gasteiger charge is -2.49. The molecule has 4 N–H and O–H groups in total. The van der Waals surface area contributed by atoms with Gasteiger partial charge in [0.05, 0.1) is 0 Å². The van der Waals surface area contributed by atoms with Crippen molar-refractivity contribution in [3.63, 3.8) is 0 Å². The van der Waals surface area contributed by atoms with E-state index in [4.69, 9.17) is 15.0 Å². The first kappa shape index (κ1) is 26.5. The number of nitrogen functional groups attached to an aromatic ring is 1. The van der Waals surface area contributed by atoms with Gasteiger partial charge >= 0.3 is 5.97 Å². The van der Waals surface area contributed by atoms with Crippen LogP contribution in [0.5, 0.6) is 0 Å². The largest absolute Gasteiger partial charge is 0.477 e. The molecule has 16 heteroatoms. The molecular weight excluding hydrogens is 566 g/mol. The number of allylic oxidation sites excluding steroid dienone is 1. The van der Waals surface area contributed by atoms with Gasteiger partial charge in [0.1, 0.15) is 29.9 Å². The van der Waals surface area contributed by atoms with E-state index in [1.807, 2.05) is 30.3 Å². The Morgan fingerprint density at radius 1 is 1.33 bits per heavy atom. The van der Waals surface area contributed by atoms with Crippen LogP contribution in [0, 0.1) is 0 Å². The average Bonchev–Trinajstić information content (AvgIpc) is 3.59. The lowest BCUT2D eigenvalue weighted by molar-refractivity contribution is -0.150. The highest BCUT2D eigenvalue weighted by atomic mass is 32.2. The highest BCUT2D eigenvalue weighted by Gasteiger charge is 2.54. The molecule has 4 heterocycles. The fourth-order valence-corrected chi connectivity index (χ4v) is 6.23. The number of nitrogens with two attached hydrogens (primary N) is 1. The number of carbonyl (C=O) groups is 3. The van der Waals surface area contributed by atoms with E-state index in [1.165, 1.54) is 29.2 Å². The summed E-state index contributed by atoms with van der Waals surface area (Å²) in [6.45, 7) is 0. The molecule has 2 aromatic heterocycles.